The van der Waals surface area contributed by atoms with Gasteiger partial charge in [-0.2, -0.15) is 0 Å². The van der Waals surface area contributed by atoms with E-state index in [1.165, 1.54) is 0 Å². The van der Waals surface area contributed by atoms with Crippen LogP contribution in [0.1, 0.15) is 0 Å². The molecule has 0 spiro atoms. The van der Waals surface area contributed by atoms with Crippen LogP contribution in [-0.2, 0) is 85.3 Å². The van der Waals surface area contributed by atoms with E-state index >= 15 is 0 Å². The van der Waals surface area contributed by atoms with Crippen LogP contribution in [0.5, 0.6) is 0 Å². The zero-order chi connectivity index (χ0) is 0. The smallest absolute Gasteiger partial charge is 0 e. The summed E-state index contributed by atoms with van der Waals surface area (Å²) in [6.07, 6.45) is 0. The van der Waals surface area contributed by atoms with E-state index in [-0.39, 0.29) is 85.3 Å². The van der Waals surface area contributed by atoms with E-state index in [2.05, 4.69) is 0 Å². The fourth-order valence-corrected chi connectivity index (χ4v) is 0. The summed E-state index contributed by atoms with van der Waals surface area (Å²) in [4.78, 5) is 0. The molecule has 0 aliphatic heterocycles. The van der Waals surface area contributed by atoms with Gasteiger partial charge in [-0.1, -0.05) is 0 Å². The number of hydrogen-bond acceptors (Lipinski definition) is 0. The zero-order valence-electron chi connectivity index (χ0n) is 1.77. The van der Waals surface area contributed by atoms with Gasteiger partial charge in [-0.25, -0.2) is 0 Å². The van der Waals surface area contributed by atoms with Crippen molar-refractivity contribution < 1.29 is 85.3 Å². The van der Waals surface area contributed by atoms with Gasteiger partial charge < -0.3 is 0 Å². The average Bonchev–Trinajstić information content (AvgIpc) is 0. The topological polar surface area (TPSA) is 0 Å². The van der Waals surface area contributed by atoms with Crippen molar-refractivity contribution >= 4 is 0 Å². The van der Waals surface area contributed by atoms with E-state index in [9.17, 15) is 0 Å². The average molecular weight is 285 g/mol. The Labute approximate surface area is 84.3 Å². The van der Waals surface area contributed by atoms with E-state index in [1.54, 1.807) is 0 Å². The molecule has 0 heterocycles. The summed E-state index contributed by atoms with van der Waals surface area (Å²) in [5, 5.41) is 0. The molecule has 0 atom stereocenters. The molecule has 0 fully saturated rings. The summed E-state index contributed by atoms with van der Waals surface area (Å²) in [7, 11) is 0. The van der Waals surface area contributed by atoms with Crippen LogP contribution in [0.15, 0.2) is 0 Å². The second kappa shape index (κ2) is 30.6. The maximum Gasteiger partial charge on any atom is 0 e. The molecule has 0 aromatic carbocycles. The summed E-state index contributed by atoms with van der Waals surface area (Å²) in [5.74, 6) is 0. The molecule has 0 N–H and O–H groups in total. The standard InChI is InChI=1S/Co.Cr.Cu.Fe.Mn. The van der Waals surface area contributed by atoms with Gasteiger partial charge in [0.15, 0.2) is 0 Å². The molecule has 0 aromatic rings. The largest absolute Gasteiger partial charge is 0 e. The first-order valence-electron chi connectivity index (χ1n) is 0. The van der Waals surface area contributed by atoms with Gasteiger partial charge in [-0.15, -0.1) is 0 Å². The van der Waals surface area contributed by atoms with Crippen LogP contribution in [0.4, 0.5) is 0 Å². The summed E-state index contributed by atoms with van der Waals surface area (Å²) >= 11 is 0. The van der Waals surface area contributed by atoms with Gasteiger partial charge in [0.25, 0.3) is 0 Å². The van der Waals surface area contributed by atoms with Crippen LogP contribution in [0.2, 0.25) is 0 Å². The van der Waals surface area contributed by atoms with Gasteiger partial charge in [0.05, 0.1) is 0 Å². The fourth-order valence-electron chi connectivity index (χ4n) is 0. The second-order valence-electron chi connectivity index (χ2n) is 0. The maximum absolute atomic E-state index is 0. The minimum Gasteiger partial charge on any atom is 0 e. The molecule has 0 saturated heterocycles. The monoisotopic (exact) mass is 285 g/mol. The van der Waals surface area contributed by atoms with Crippen LogP contribution < -0.4 is 0 Å². The zero-order valence-corrected chi connectivity index (χ0v) is 7.32. The number of rotatable bonds is 0. The maximum atomic E-state index is 0. The van der Waals surface area contributed by atoms with Crippen LogP contribution in [-0.4, -0.2) is 0 Å². The Bertz CT molecular complexity index is 11.6. The van der Waals surface area contributed by atoms with E-state index < -0.39 is 0 Å². The Morgan fingerprint density at radius 2 is 1.00 bits per heavy atom. The first-order chi connectivity index (χ1) is 0. The van der Waals surface area contributed by atoms with Crippen molar-refractivity contribution in [3.8, 4) is 0 Å². The molecule has 0 aliphatic carbocycles. The predicted octanol–water partition coefficient (Wildman–Crippen LogP) is -0.0125. The molecule has 5 heavy (non-hydrogen) atoms. The Kier molecular flexibility index (Phi) is 300. The molecule has 0 bridgehead atoms. The normalized spacial score (nSPS) is 0. The minimum absolute atomic E-state index is 0. The van der Waals surface area contributed by atoms with Gasteiger partial charge in [0.1, 0.15) is 0 Å². The Morgan fingerprint density at radius 1 is 1.00 bits per heavy atom. The van der Waals surface area contributed by atoms with E-state index in [1.807, 2.05) is 0 Å². The van der Waals surface area contributed by atoms with E-state index in [0.29, 0.717) is 0 Å². The van der Waals surface area contributed by atoms with Crippen molar-refractivity contribution in [2.24, 2.45) is 0 Å². The molecule has 41 valence electrons. The van der Waals surface area contributed by atoms with Crippen molar-refractivity contribution in [3.63, 3.8) is 0 Å². The summed E-state index contributed by atoms with van der Waals surface area (Å²) in [6.45, 7) is 0. The van der Waals surface area contributed by atoms with Gasteiger partial charge in [0.2, 0.25) is 0 Å². The molecular weight excluding hydrogens is 285 g/mol. The third-order valence-electron chi connectivity index (χ3n) is 0. The Morgan fingerprint density at radius 3 is 1.00 bits per heavy atom. The van der Waals surface area contributed by atoms with Crippen LogP contribution in [0.3, 0.4) is 0 Å². The van der Waals surface area contributed by atoms with Gasteiger partial charge in [-0.05, 0) is 0 Å². The van der Waals surface area contributed by atoms with Gasteiger partial charge in [0, 0.05) is 85.3 Å². The second-order valence-corrected chi connectivity index (χ2v) is 0. The molecule has 3 radical (unpaired) electrons. The molecule has 5 heteroatoms. The van der Waals surface area contributed by atoms with Crippen molar-refractivity contribution in [1.29, 1.82) is 0 Å². The van der Waals surface area contributed by atoms with E-state index in [0.717, 1.165) is 0 Å². The van der Waals surface area contributed by atoms with Crippen LogP contribution in [0, 0.1) is 0 Å². The summed E-state index contributed by atoms with van der Waals surface area (Å²) < 4.78 is 0. The molecular formula is CoCrCuFeMn. The minimum atomic E-state index is 0. The third kappa shape index (κ3) is 20.7. The quantitative estimate of drug-likeness (QED) is 0.549. The number of hydrogen-bond donors (Lipinski definition) is 0. The first-order valence-corrected chi connectivity index (χ1v) is 0. The van der Waals surface area contributed by atoms with Crippen LogP contribution in [0.25, 0.3) is 0 Å². The van der Waals surface area contributed by atoms with Gasteiger partial charge >= 0.3 is 0 Å². The molecule has 0 saturated carbocycles. The summed E-state index contributed by atoms with van der Waals surface area (Å²) in [5.41, 5.74) is 0. The first kappa shape index (κ1) is 49.0. The molecule has 0 aliphatic rings. The molecule has 0 aromatic heterocycles. The summed E-state index contributed by atoms with van der Waals surface area (Å²) in [6, 6.07) is 0. The SMILES string of the molecule is [Co].[Cr].[Cu].[Fe].[Mn]. The van der Waals surface area contributed by atoms with Crippen molar-refractivity contribution in [2.45, 2.75) is 0 Å². The molecule has 0 nitrogen and oxygen atoms in total. The Hall–Kier alpha value is 2.60. The van der Waals surface area contributed by atoms with Crippen LogP contribution >= 0.6 is 0 Å². The molecule has 0 amide bonds. The fraction of sp³-hybridized carbons (Fsp3) is 0. The van der Waals surface area contributed by atoms with Crippen molar-refractivity contribution in [2.75, 3.05) is 0 Å². The third-order valence-corrected chi connectivity index (χ3v) is 0. The molecule has 0 unspecified atom stereocenters. The Balaban J connectivity index is 0. The molecule has 0 rings (SSSR count). The van der Waals surface area contributed by atoms with E-state index in [4.69, 9.17) is 0 Å². The van der Waals surface area contributed by atoms with Crippen molar-refractivity contribution in [1.82, 2.24) is 0 Å². The van der Waals surface area contributed by atoms with Gasteiger partial charge in [-0.3, -0.25) is 0 Å². The van der Waals surface area contributed by atoms with Crippen molar-refractivity contribution in [3.05, 3.63) is 0 Å². The predicted molar refractivity (Wildman–Crippen MR) is 0 cm³/mol.